The molecule has 0 aromatic rings. The molecule has 2 heterocycles. The van der Waals surface area contributed by atoms with E-state index in [1.54, 1.807) is 0 Å². The van der Waals surface area contributed by atoms with Gasteiger partial charge in [0.1, 0.15) is 6.10 Å². The van der Waals surface area contributed by atoms with Gasteiger partial charge in [-0.2, -0.15) is 0 Å². The summed E-state index contributed by atoms with van der Waals surface area (Å²) in [5, 5.41) is 3.40. The molecule has 2 aliphatic rings. The molecule has 0 bridgehead atoms. The zero-order valence-corrected chi connectivity index (χ0v) is 14.9. The number of nitrogens with one attached hydrogen (secondary N) is 1. The summed E-state index contributed by atoms with van der Waals surface area (Å²) in [6, 6.07) is 0. The maximum Gasteiger partial charge on any atom is 0.194 e. The highest BCUT2D eigenvalue weighted by molar-refractivity contribution is 5.80. The molecule has 2 saturated heterocycles. The Hall–Kier alpha value is -0.850. The maximum absolute atomic E-state index is 5.92. The van der Waals surface area contributed by atoms with Crippen molar-refractivity contribution in [2.45, 2.75) is 58.3 Å². The molecule has 2 rings (SSSR count). The molecule has 1 N–H and O–H groups in total. The summed E-state index contributed by atoms with van der Waals surface area (Å²) >= 11 is 0. The van der Waals surface area contributed by atoms with Crippen molar-refractivity contribution in [2.75, 3.05) is 46.0 Å². The Kier molecular flexibility index (Phi) is 8.12. The molecule has 6 heteroatoms. The van der Waals surface area contributed by atoms with Crippen molar-refractivity contribution < 1.29 is 14.2 Å². The van der Waals surface area contributed by atoms with E-state index in [0.717, 1.165) is 71.2 Å². The van der Waals surface area contributed by atoms with Crippen molar-refractivity contribution in [3.63, 3.8) is 0 Å². The first-order valence-electron chi connectivity index (χ1n) is 9.08. The van der Waals surface area contributed by atoms with Crippen molar-refractivity contribution in [1.29, 1.82) is 0 Å². The molecule has 0 aliphatic carbocycles. The molecular formula is C17H33N3O3. The lowest BCUT2D eigenvalue weighted by Gasteiger charge is -2.37. The third-order valence-corrected chi connectivity index (χ3v) is 4.12. The van der Waals surface area contributed by atoms with Crippen molar-refractivity contribution >= 4 is 5.96 Å². The SMILES string of the molecule is CCNC(=NCCCOC(C)C)N1CCOC(C2CCCO2)C1. The lowest BCUT2D eigenvalue weighted by Crippen LogP contribution is -2.53. The van der Waals surface area contributed by atoms with Crippen molar-refractivity contribution in [2.24, 2.45) is 4.99 Å². The van der Waals surface area contributed by atoms with Crippen LogP contribution in [-0.2, 0) is 14.2 Å². The highest BCUT2D eigenvalue weighted by Crippen LogP contribution is 2.21. The monoisotopic (exact) mass is 327 g/mol. The summed E-state index contributed by atoms with van der Waals surface area (Å²) in [4.78, 5) is 7.06. The molecule has 0 spiro atoms. The standard InChI is InChI=1S/C17H33N3O3/c1-4-18-17(19-8-6-11-21-14(2)3)20-9-12-23-16(13-20)15-7-5-10-22-15/h14-16H,4-13H2,1-3H3,(H,18,19). The van der Waals surface area contributed by atoms with Gasteiger partial charge in [-0.05, 0) is 40.0 Å². The predicted molar refractivity (Wildman–Crippen MR) is 92.0 cm³/mol. The lowest BCUT2D eigenvalue weighted by molar-refractivity contribution is -0.0817. The molecule has 23 heavy (non-hydrogen) atoms. The highest BCUT2D eigenvalue weighted by atomic mass is 16.5. The van der Waals surface area contributed by atoms with Crippen LogP contribution in [-0.4, -0.2) is 75.2 Å². The third kappa shape index (κ3) is 6.28. The van der Waals surface area contributed by atoms with Crippen LogP contribution in [0.2, 0.25) is 0 Å². The summed E-state index contributed by atoms with van der Waals surface area (Å²) in [7, 11) is 0. The number of hydrogen-bond donors (Lipinski definition) is 1. The largest absolute Gasteiger partial charge is 0.379 e. The van der Waals surface area contributed by atoms with Crippen molar-refractivity contribution in [1.82, 2.24) is 10.2 Å². The number of ether oxygens (including phenoxy) is 3. The van der Waals surface area contributed by atoms with Gasteiger partial charge in [-0.25, -0.2) is 0 Å². The van der Waals surface area contributed by atoms with E-state index in [9.17, 15) is 0 Å². The van der Waals surface area contributed by atoms with Crippen molar-refractivity contribution in [3.05, 3.63) is 0 Å². The van der Waals surface area contributed by atoms with Gasteiger partial charge in [-0.1, -0.05) is 0 Å². The van der Waals surface area contributed by atoms with E-state index in [0.29, 0.717) is 6.10 Å². The molecule has 2 unspecified atom stereocenters. The Morgan fingerprint density at radius 1 is 1.30 bits per heavy atom. The number of hydrogen-bond acceptors (Lipinski definition) is 4. The van der Waals surface area contributed by atoms with Gasteiger partial charge in [-0.3, -0.25) is 4.99 Å². The van der Waals surface area contributed by atoms with Gasteiger partial charge in [0.05, 0.1) is 18.8 Å². The number of aliphatic imine (C=N–C) groups is 1. The zero-order valence-electron chi connectivity index (χ0n) is 14.9. The second kappa shape index (κ2) is 10.1. The van der Waals surface area contributed by atoms with Gasteiger partial charge in [0.15, 0.2) is 5.96 Å². The zero-order chi connectivity index (χ0) is 16.5. The van der Waals surface area contributed by atoms with E-state index in [-0.39, 0.29) is 12.2 Å². The summed E-state index contributed by atoms with van der Waals surface area (Å²) in [6.07, 6.45) is 3.91. The second-order valence-corrected chi connectivity index (χ2v) is 6.42. The molecule has 134 valence electrons. The van der Waals surface area contributed by atoms with Crippen molar-refractivity contribution in [3.8, 4) is 0 Å². The average molecular weight is 327 g/mol. The predicted octanol–water partition coefficient (Wildman–Crippen LogP) is 1.65. The van der Waals surface area contributed by atoms with Gasteiger partial charge in [0.25, 0.3) is 0 Å². The number of guanidine groups is 1. The normalized spacial score (nSPS) is 26.1. The van der Waals surface area contributed by atoms with Crippen LogP contribution in [0.3, 0.4) is 0 Å². The minimum Gasteiger partial charge on any atom is -0.379 e. The summed E-state index contributed by atoms with van der Waals surface area (Å²) in [6.45, 7) is 12.0. The maximum atomic E-state index is 5.92. The van der Waals surface area contributed by atoms with E-state index >= 15 is 0 Å². The Labute approximate surface area is 140 Å². The van der Waals surface area contributed by atoms with E-state index < -0.39 is 0 Å². The van der Waals surface area contributed by atoms with E-state index in [2.05, 4.69) is 31.0 Å². The van der Waals surface area contributed by atoms with Gasteiger partial charge in [0, 0.05) is 39.4 Å². The van der Waals surface area contributed by atoms with E-state index in [4.69, 9.17) is 19.2 Å². The summed E-state index contributed by atoms with van der Waals surface area (Å²) < 4.78 is 17.3. The molecule has 0 saturated carbocycles. The van der Waals surface area contributed by atoms with Crippen LogP contribution in [0.5, 0.6) is 0 Å². The lowest BCUT2D eigenvalue weighted by atomic mass is 10.1. The summed E-state index contributed by atoms with van der Waals surface area (Å²) in [5.74, 6) is 0.989. The fraction of sp³-hybridized carbons (Fsp3) is 0.941. The number of nitrogens with zero attached hydrogens (tertiary/aromatic N) is 2. The molecule has 2 fully saturated rings. The minimum absolute atomic E-state index is 0.166. The van der Waals surface area contributed by atoms with Crippen LogP contribution in [0, 0.1) is 0 Å². The van der Waals surface area contributed by atoms with Crippen LogP contribution in [0.1, 0.15) is 40.0 Å². The Balaban J connectivity index is 1.82. The smallest absolute Gasteiger partial charge is 0.194 e. The third-order valence-electron chi connectivity index (χ3n) is 4.12. The topological polar surface area (TPSA) is 55.3 Å². The molecule has 0 aromatic heterocycles. The number of morpholine rings is 1. The fourth-order valence-electron chi connectivity index (χ4n) is 2.98. The second-order valence-electron chi connectivity index (χ2n) is 6.42. The van der Waals surface area contributed by atoms with Crippen LogP contribution in [0.25, 0.3) is 0 Å². The first kappa shape index (κ1) is 18.5. The summed E-state index contributed by atoms with van der Waals surface area (Å²) in [5.41, 5.74) is 0. The van der Waals surface area contributed by atoms with Gasteiger partial charge in [-0.15, -0.1) is 0 Å². The van der Waals surface area contributed by atoms with Crippen LogP contribution < -0.4 is 5.32 Å². The highest BCUT2D eigenvalue weighted by Gasteiger charge is 2.32. The number of rotatable bonds is 7. The van der Waals surface area contributed by atoms with Gasteiger partial charge < -0.3 is 24.4 Å². The van der Waals surface area contributed by atoms with Crippen LogP contribution in [0.15, 0.2) is 4.99 Å². The first-order chi connectivity index (χ1) is 11.2. The molecule has 2 aliphatic heterocycles. The molecule has 6 nitrogen and oxygen atoms in total. The Morgan fingerprint density at radius 2 is 2.13 bits per heavy atom. The first-order valence-corrected chi connectivity index (χ1v) is 9.08. The molecular weight excluding hydrogens is 294 g/mol. The fourth-order valence-corrected chi connectivity index (χ4v) is 2.98. The Morgan fingerprint density at radius 3 is 2.83 bits per heavy atom. The van der Waals surface area contributed by atoms with Crippen LogP contribution >= 0.6 is 0 Å². The molecule has 2 atom stereocenters. The van der Waals surface area contributed by atoms with Crippen LogP contribution in [0.4, 0.5) is 0 Å². The van der Waals surface area contributed by atoms with Gasteiger partial charge in [0.2, 0.25) is 0 Å². The van der Waals surface area contributed by atoms with Gasteiger partial charge >= 0.3 is 0 Å². The van der Waals surface area contributed by atoms with E-state index in [1.807, 2.05) is 0 Å². The molecule has 0 aromatic carbocycles. The Bertz CT molecular complexity index is 357. The quantitative estimate of drug-likeness (QED) is 0.438. The molecule has 0 radical (unpaired) electrons. The van der Waals surface area contributed by atoms with E-state index in [1.165, 1.54) is 0 Å². The molecule has 0 amide bonds. The minimum atomic E-state index is 0.166. The average Bonchev–Trinajstić information content (AvgIpc) is 3.08.